The number of nitrogens with one attached hydrogen (secondary N) is 1. The molecule has 110 valence electrons. The lowest BCUT2D eigenvalue weighted by Gasteiger charge is -2.17. The van der Waals surface area contributed by atoms with Crippen LogP contribution in [0.2, 0.25) is 0 Å². The summed E-state index contributed by atoms with van der Waals surface area (Å²) in [5.74, 6) is 1.49. The summed E-state index contributed by atoms with van der Waals surface area (Å²) in [6, 6.07) is 17.4. The molecule has 0 saturated carbocycles. The van der Waals surface area contributed by atoms with Crippen molar-refractivity contribution in [2.24, 2.45) is 5.92 Å². The number of fused-ring (bicyclic) bond motifs is 1. The molecule has 0 radical (unpaired) electrons. The Bertz CT molecular complexity index is 606. The minimum atomic E-state index is 0.418. The van der Waals surface area contributed by atoms with Gasteiger partial charge < -0.3 is 10.1 Å². The molecule has 0 spiro atoms. The van der Waals surface area contributed by atoms with Crippen LogP contribution in [0.5, 0.6) is 5.75 Å². The average Bonchev–Trinajstić information content (AvgIpc) is 2.89. The third kappa shape index (κ3) is 3.38. The van der Waals surface area contributed by atoms with Crippen molar-refractivity contribution in [2.75, 3.05) is 11.9 Å². The second-order valence-corrected chi connectivity index (χ2v) is 6.17. The normalized spacial score (nSPS) is 16.8. The van der Waals surface area contributed by atoms with E-state index < -0.39 is 0 Å². The number of aryl methyl sites for hydroxylation is 1. The van der Waals surface area contributed by atoms with E-state index in [1.165, 1.54) is 11.1 Å². The number of hydrogen-bond acceptors (Lipinski definition) is 2. The van der Waals surface area contributed by atoms with Gasteiger partial charge in [0.1, 0.15) is 5.75 Å². The van der Waals surface area contributed by atoms with Gasteiger partial charge in [0, 0.05) is 11.8 Å². The van der Waals surface area contributed by atoms with Crippen LogP contribution >= 0.6 is 0 Å². The van der Waals surface area contributed by atoms with Crippen molar-refractivity contribution < 1.29 is 4.74 Å². The van der Waals surface area contributed by atoms with Crippen LogP contribution in [-0.4, -0.2) is 6.61 Å². The van der Waals surface area contributed by atoms with Crippen molar-refractivity contribution in [3.05, 3.63) is 59.7 Å². The molecule has 2 aromatic carbocycles. The Kier molecular flexibility index (Phi) is 4.14. The van der Waals surface area contributed by atoms with Gasteiger partial charge in [0.05, 0.1) is 12.6 Å². The standard InChI is InChI=1S/C19H23NO/c1-14(2)13-21-17-8-5-7-16(12-17)20-19-11-10-15-6-3-4-9-18(15)19/h3-9,12,14,19-20H,10-11,13H2,1-2H3. The molecule has 1 atom stereocenters. The van der Waals surface area contributed by atoms with Gasteiger partial charge in [-0.15, -0.1) is 0 Å². The molecule has 3 rings (SSSR count). The first kappa shape index (κ1) is 14.0. The molecular formula is C19H23NO. The summed E-state index contributed by atoms with van der Waals surface area (Å²) in [4.78, 5) is 0. The van der Waals surface area contributed by atoms with Gasteiger partial charge in [0.2, 0.25) is 0 Å². The molecule has 2 nitrogen and oxygen atoms in total. The number of rotatable bonds is 5. The van der Waals surface area contributed by atoms with Gasteiger partial charge in [-0.05, 0) is 42.0 Å². The van der Waals surface area contributed by atoms with Crippen molar-refractivity contribution in [3.8, 4) is 5.75 Å². The summed E-state index contributed by atoms with van der Waals surface area (Å²) in [5.41, 5.74) is 4.05. The second kappa shape index (κ2) is 6.21. The Morgan fingerprint density at radius 3 is 2.86 bits per heavy atom. The molecule has 0 amide bonds. The minimum absolute atomic E-state index is 0.418. The van der Waals surface area contributed by atoms with E-state index in [1.807, 2.05) is 6.07 Å². The average molecular weight is 281 g/mol. The lowest BCUT2D eigenvalue weighted by Crippen LogP contribution is -2.08. The van der Waals surface area contributed by atoms with E-state index in [0.29, 0.717) is 12.0 Å². The van der Waals surface area contributed by atoms with Crippen LogP contribution in [0.4, 0.5) is 5.69 Å². The fourth-order valence-corrected chi connectivity index (χ4v) is 2.85. The summed E-state index contributed by atoms with van der Waals surface area (Å²) in [6.45, 7) is 5.09. The third-order valence-corrected chi connectivity index (χ3v) is 3.89. The first-order chi connectivity index (χ1) is 10.2. The zero-order valence-corrected chi connectivity index (χ0v) is 12.8. The van der Waals surface area contributed by atoms with Gasteiger partial charge in [0.25, 0.3) is 0 Å². The lowest BCUT2D eigenvalue weighted by molar-refractivity contribution is 0.271. The van der Waals surface area contributed by atoms with Crippen molar-refractivity contribution in [3.63, 3.8) is 0 Å². The molecule has 0 aliphatic heterocycles. The smallest absolute Gasteiger partial charge is 0.121 e. The maximum Gasteiger partial charge on any atom is 0.121 e. The molecule has 0 heterocycles. The Labute approximate surface area is 127 Å². The van der Waals surface area contributed by atoms with Gasteiger partial charge in [-0.2, -0.15) is 0 Å². The number of ether oxygens (including phenoxy) is 1. The van der Waals surface area contributed by atoms with Crippen LogP contribution in [0.1, 0.15) is 37.4 Å². The summed E-state index contributed by atoms with van der Waals surface area (Å²) in [6.07, 6.45) is 2.33. The number of anilines is 1. The zero-order chi connectivity index (χ0) is 14.7. The molecule has 1 aliphatic carbocycles. The molecule has 2 aromatic rings. The SMILES string of the molecule is CC(C)COc1cccc(NC2CCc3ccccc32)c1. The molecule has 2 heteroatoms. The Hall–Kier alpha value is -1.96. The summed E-state index contributed by atoms with van der Waals surface area (Å²) in [5, 5.41) is 3.65. The van der Waals surface area contributed by atoms with Crippen LogP contribution in [0.15, 0.2) is 48.5 Å². The van der Waals surface area contributed by atoms with Crippen molar-refractivity contribution in [1.29, 1.82) is 0 Å². The fraction of sp³-hybridized carbons (Fsp3) is 0.368. The first-order valence-electron chi connectivity index (χ1n) is 7.79. The summed E-state index contributed by atoms with van der Waals surface area (Å²) >= 11 is 0. The van der Waals surface area contributed by atoms with Gasteiger partial charge in [-0.25, -0.2) is 0 Å². The lowest BCUT2D eigenvalue weighted by atomic mass is 10.1. The molecule has 0 bridgehead atoms. The van der Waals surface area contributed by atoms with E-state index in [-0.39, 0.29) is 0 Å². The highest BCUT2D eigenvalue weighted by Crippen LogP contribution is 2.34. The molecule has 0 fully saturated rings. The quantitative estimate of drug-likeness (QED) is 0.848. The number of hydrogen-bond donors (Lipinski definition) is 1. The predicted octanol–water partition coefficient (Wildman–Crippen LogP) is 4.82. The Balaban J connectivity index is 1.70. The first-order valence-corrected chi connectivity index (χ1v) is 7.79. The van der Waals surface area contributed by atoms with Crippen molar-refractivity contribution in [2.45, 2.75) is 32.7 Å². The van der Waals surface area contributed by atoms with E-state index >= 15 is 0 Å². The van der Waals surface area contributed by atoms with E-state index in [2.05, 4.69) is 61.6 Å². The summed E-state index contributed by atoms with van der Waals surface area (Å²) in [7, 11) is 0. The van der Waals surface area contributed by atoms with Gasteiger partial charge in [-0.3, -0.25) is 0 Å². The van der Waals surface area contributed by atoms with Crippen LogP contribution in [0.25, 0.3) is 0 Å². The maximum absolute atomic E-state index is 5.80. The zero-order valence-electron chi connectivity index (χ0n) is 12.8. The molecule has 21 heavy (non-hydrogen) atoms. The molecule has 0 aromatic heterocycles. The molecule has 1 unspecified atom stereocenters. The summed E-state index contributed by atoms with van der Waals surface area (Å²) < 4.78 is 5.80. The van der Waals surface area contributed by atoms with E-state index in [9.17, 15) is 0 Å². The molecule has 1 N–H and O–H groups in total. The maximum atomic E-state index is 5.80. The largest absolute Gasteiger partial charge is 0.493 e. The Morgan fingerprint density at radius 2 is 2.00 bits per heavy atom. The van der Waals surface area contributed by atoms with Crippen LogP contribution < -0.4 is 10.1 Å². The van der Waals surface area contributed by atoms with Crippen LogP contribution in [0.3, 0.4) is 0 Å². The monoisotopic (exact) mass is 281 g/mol. The van der Waals surface area contributed by atoms with Crippen molar-refractivity contribution in [1.82, 2.24) is 0 Å². The van der Waals surface area contributed by atoms with Gasteiger partial charge >= 0.3 is 0 Å². The highest BCUT2D eigenvalue weighted by molar-refractivity contribution is 5.51. The van der Waals surface area contributed by atoms with Gasteiger partial charge in [0.15, 0.2) is 0 Å². The topological polar surface area (TPSA) is 21.3 Å². The molecule has 1 aliphatic rings. The number of benzene rings is 2. The van der Waals surface area contributed by atoms with Gasteiger partial charge in [-0.1, -0.05) is 44.2 Å². The van der Waals surface area contributed by atoms with Crippen LogP contribution in [-0.2, 0) is 6.42 Å². The van der Waals surface area contributed by atoms with E-state index in [4.69, 9.17) is 4.74 Å². The van der Waals surface area contributed by atoms with E-state index in [0.717, 1.165) is 30.9 Å². The Morgan fingerprint density at radius 1 is 1.14 bits per heavy atom. The second-order valence-electron chi connectivity index (χ2n) is 6.17. The minimum Gasteiger partial charge on any atom is -0.493 e. The highest BCUT2D eigenvalue weighted by atomic mass is 16.5. The highest BCUT2D eigenvalue weighted by Gasteiger charge is 2.21. The predicted molar refractivity (Wildman–Crippen MR) is 87.9 cm³/mol. The third-order valence-electron chi connectivity index (χ3n) is 3.89. The molecular weight excluding hydrogens is 258 g/mol. The fourth-order valence-electron chi connectivity index (χ4n) is 2.85. The van der Waals surface area contributed by atoms with Crippen LogP contribution in [0, 0.1) is 5.92 Å². The molecule has 0 saturated heterocycles. The van der Waals surface area contributed by atoms with Crippen molar-refractivity contribution >= 4 is 5.69 Å². The van der Waals surface area contributed by atoms with E-state index in [1.54, 1.807) is 0 Å².